The third kappa shape index (κ3) is 4.97. The number of ether oxygens (including phenoxy) is 1. The van der Waals surface area contributed by atoms with Crippen LogP contribution in [0.15, 0.2) is 18.2 Å². The van der Waals surface area contributed by atoms with E-state index >= 15 is 0 Å². The maximum atomic E-state index is 12.0. The predicted molar refractivity (Wildman–Crippen MR) is 99.5 cm³/mol. The molecule has 0 bridgehead atoms. The van der Waals surface area contributed by atoms with Gasteiger partial charge in [-0.05, 0) is 36.8 Å². The number of aromatic nitrogens is 1. The number of esters is 1. The molecule has 0 aliphatic heterocycles. The topological polar surface area (TPSA) is 80.3 Å². The molecule has 2 rings (SSSR count). The largest absolute Gasteiger partial charge is 0.462 e. The molecule has 1 aromatic heterocycles. The van der Waals surface area contributed by atoms with E-state index in [2.05, 4.69) is 15.6 Å². The summed E-state index contributed by atoms with van der Waals surface area (Å²) in [5.74, 6) is -0.496. The molecule has 0 aliphatic carbocycles. The number of nitrogens with zero attached hydrogens (tertiary/aromatic N) is 1. The molecule has 0 spiro atoms. The van der Waals surface area contributed by atoms with Gasteiger partial charge in [0.15, 0.2) is 10.2 Å². The monoisotopic (exact) mass is 365 g/mol. The zero-order valence-electron chi connectivity index (χ0n) is 13.5. The van der Waals surface area contributed by atoms with E-state index in [1.165, 1.54) is 11.3 Å². The van der Waals surface area contributed by atoms with Gasteiger partial charge in [-0.2, -0.15) is 0 Å². The van der Waals surface area contributed by atoms with Crippen LogP contribution in [0, 0.1) is 0 Å². The average Bonchev–Trinajstić information content (AvgIpc) is 2.95. The lowest BCUT2D eigenvalue weighted by Crippen LogP contribution is -2.33. The van der Waals surface area contributed by atoms with Gasteiger partial charge < -0.3 is 15.4 Å². The molecule has 0 radical (unpaired) electrons. The van der Waals surface area contributed by atoms with Crippen LogP contribution in [0.25, 0.3) is 10.2 Å². The highest BCUT2D eigenvalue weighted by molar-refractivity contribution is 7.80. The molecule has 0 atom stereocenters. The van der Waals surface area contributed by atoms with Gasteiger partial charge >= 0.3 is 5.97 Å². The minimum Gasteiger partial charge on any atom is -0.462 e. The van der Waals surface area contributed by atoms with Crippen LogP contribution in [0.5, 0.6) is 0 Å². The van der Waals surface area contributed by atoms with Crippen LogP contribution >= 0.6 is 23.6 Å². The molecule has 128 valence electrons. The maximum Gasteiger partial charge on any atom is 0.338 e. The Morgan fingerprint density at radius 2 is 2.12 bits per heavy atom. The molecule has 0 saturated carbocycles. The summed E-state index contributed by atoms with van der Waals surface area (Å²) >= 11 is 6.41. The first kappa shape index (κ1) is 18.3. The number of amides is 1. The zero-order valence-corrected chi connectivity index (χ0v) is 15.2. The summed E-state index contributed by atoms with van der Waals surface area (Å²) in [6.07, 6.45) is 2.18. The van der Waals surface area contributed by atoms with Crippen LogP contribution in [-0.4, -0.2) is 28.6 Å². The number of rotatable bonds is 6. The third-order valence-corrected chi connectivity index (χ3v) is 4.29. The van der Waals surface area contributed by atoms with Gasteiger partial charge in [0.05, 0.1) is 22.4 Å². The number of anilines is 1. The van der Waals surface area contributed by atoms with E-state index in [0.717, 1.165) is 23.1 Å². The molecule has 2 N–H and O–H groups in total. The van der Waals surface area contributed by atoms with Crippen molar-refractivity contribution < 1.29 is 14.3 Å². The average molecular weight is 365 g/mol. The smallest absolute Gasteiger partial charge is 0.338 e. The van der Waals surface area contributed by atoms with E-state index < -0.39 is 0 Å². The predicted octanol–water partition coefficient (Wildman–Crippen LogP) is 3.48. The Bertz CT molecular complexity index is 758. The van der Waals surface area contributed by atoms with Gasteiger partial charge in [-0.15, -0.1) is 0 Å². The van der Waals surface area contributed by atoms with E-state index in [4.69, 9.17) is 17.0 Å². The molecule has 0 fully saturated rings. The lowest BCUT2D eigenvalue weighted by Gasteiger charge is -2.04. The second kappa shape index (κ2) is 8.70. The van der Waals surface area contributed by atoms with Crippen LogP contribution in [0.1, 0.15) is 43.5 Å². The maximum absolute atomic E-state index is 12.0. The molecule has 2 aromatic rings. The number of hydrogen-bond acceptors (Lipinski definition) is 6. The van der Waals surface area contributed by atoms with Gasteiger partial charge in [0, 0.05) is 6.42 Å². The summed E-state index contributed by atoms with van der Waals surface area (Å²) in [6, 6.07) is 5.21. The number of thiazole rings is 1. The summed E-state index contributed by atoms with van der Waals surface area (Å²) in [7, 11) is 0. The van der Waals surface area contributed by atoms with E-state index in [1.807, 2.05) is 6.92 Å². The molecule has 1 amide bonds. The van der Waals surface area contributed by atoms with Gasteiger partial charge in [-0.1, -0.05) is 31.6 Å². The first-order chi connectivity index (χ1) is 11.5. The van der Waals surface area contributed by atoms with Gasteiger partial charge in [0.25, 0.3) is 0 Å². The van der Waals surface area contributed by atoms with Crippen molar-refractivity contribution in [3.63, 3.8) is 0 Å². The minimum absolute atomic E-state index is 0.161. The molecule has 1 aromatic carbocycles. The fraction of sp³-hybridized carbons (Fsp3) is 0.375. The molecule has 0 aliphatic rings. The lowest BCUT2D eigenvalue weighted by molar-refractivity contribution is -0.119. The van der Waals surface area contributed by atoms with Crippen LogP contribution in [0.2, 0.25) is 0 Å². The summed E-state index contributed by atoms with van der Waals surface area (Å²) in [6.45, 7) is 4.21. The van der Waals surface area contributed by atoms with E-state index in [0.29, 0.717) is 23.7 Å². The Hall–Kier alpha value is -2.06. The third-order valence-electron chi connectivity index (χ3n) is 3.15. The number of carbonyl (C=O) groups is 2. The van der Waals surface area contributed by atoms with Gasteiger partial charge in [-0.25, -0.2) is 9.78 Å². The molecular weight excluding hydrogens is 346 g/mol. The van der Waals surface area contributed by atoms with Gasteiger partial charge in [-0.3, -0.25) is 4.79 Å². The number of hydrogen-bond donors (Lipinski definition) is 2. The van der Waals surface area contributed by atoms with E-state index in [9.17, 15) is 9.59 Å². The van der Waals surface area contributed by atoms with E-state index in [-0.39, 0.29) is 17.0 Å². The van der Waals surface area contributed by atoms with Crippen molar-refractivity contribution in [2.24, 2.45) is 0 Å². The summed E-state index contributed by atoms with van der Waals surface area (Å²) < 4.78 is 6.05. The fourth-order valence-electron chi connectivity index (χ4n) is 1.84. The van der Waals surface area contributed by atoms with Gasteiger partial charge in [0.2, 0.25) is 5.91 Å². The highest BCUT2D eigenvalue weighted by Crippen LogP contribution is 2.27. The highest BCUT2D eigenvalue weighted by atomic mass is 32.1. The molecule has 1 heterocycles. The van der Waals surface area contributed by atoms with E-state index in [1.54, 1.807) is 25.1 Å². The SMILES string of the molecule is CCCCOC(=O)c1ccc2nc(NC(=S)NC(=O)CC)sc2c1. The Morgan fingerprint density at radius 1 is 1.33 bits per heavy atom. The van der Waals surface area contributed by atoms with Crippen molar-refractivity contribution in [1.82, 2.24) is 10.3 Å². The van der Waals surface area contributed by atoms with Crippen molar-refractivity contribution in [1.29, 1.82) is 0 Å². The molecule has 0 saturated heterocycles. The minimum atomic E-state index is -0.334. The quantitative estimate of drug-likeness (QED) is 0.463. The molecule has 8 heteroatoms. The fourth-order valence-corrected chi connectivity index (χ4v) is 3.03. The molecule has 0 unspecified atom stereocenters. The van der Waals surface area contributed by atoms with Crippen LogP contribution < -0.4 is 10.6 Å². The first-order valence-electron chi connectivity index (χ1n) is 7.72. The second-order valence-corrected chi connectivity index (χ2v) is 6.49. The highest BCUT2D eigenvalue weighted by Gasteiger charge is 2.11. The molecular formula is C16H19N3O3S2. The van der Waals surface area contributed by atoms with Crippen LogP contribution in [0.4, 0.5) is 5.13 Å². The first-order valence-corrected chi connectivity index (χ1v) is 8.94. The number of unbranched alkanes of at least 4 members (excludes halogenated alkanes) is 1. The number of carbonyl (C=O) groups excluding carboxylic acids is 2. The summed E-state index contributed by atoms with van der Waals surface area (Å²) in [4.78, 5) is 27.7. The standard InChI is InChI=1S/C16H19N3O3S2/c1-3-5-8-22-14(21)10-6-7-11-12(9-10)24-16(17-11)19-15(23)18-13(20)4-2/h6-7,9H,3-5,8H2,1-2H3,(H2,17,18,19,20,23). The number of thiocarbonyl (C=S) groups is 1. The van der Waals surface area contributed by atoms with Crippen molar-refractivity contribution in [2.45, 2.75) is 33.1 Å². The number of nitrogens with one attached hydrogen (secondary N) is 2. The molecule has 24 heavy (non-hydrogen) atoms. The van der Waals surface area contributed by atoms with Crippen LogP contribution in [-0.2, 0) is 9.53 Å². The second-order valence-electron chi connectivity index (χ2n) is 5.05. The summed E-state index contributed by atoms with van der Waals surface area (Å²) in [5.41, 5.74) is 1.24. The lowest BCUT2D eigenvalue weighted by atomic mass is 10.2. The van der Waals surface area contributed by atoms with Crippen molar-refractivity contribution in [3.05, 3.63) is 23.8 Å². The van der Waals surface area contributed by atoms with Crippen LogP contribution in [0.3, 0.4) is 0 Å². The Kier molecular flexibility index (Phi) is 6.62. The Morgan fingerprint density at radius 3 is 2.83 bits per heavy atom. The van der Waals surface area contributed by atoms with Crippen molar-refractivity contribution in [2.75, 3.05) is 11.9 Å². The number of benzene rings is 1. The number of fused-ring (bicyclic) bond motifs is 1. The zero-order chi connectivity index (χ0) is 17.5. The molecule has 6 nitrogen and oxygen atoms in total. The van der Waals surface area contributed by atoms with Crippen molar-refractivity contribution >= 4 is 55.9 Å². The van der Waals surface area contributed by atoms with Crippen molar-refractivity contribution in [3.8, 4) is 0 Å². The normalized spacial score (nSPS) is 10.4. The Labute approximate surface area is 149 Å². The Balaban J connectivity index is 2.06. The van der Waals surface area contributed by atoms with Gasteiger partial charge in [0.1, 0.15) is 0 Å². The summed E-state index contributed by atoms with van der Waals surface area (Å²) in [5, 5.41) is 6.20.